The summed E-state index contributed by atoms with van der Waals surface area (Å²) in [7, 11) is 3.67. The lowest BCUT2D eigenvalue weighted by atomic mass is 9.95. The van der Waals surface area contributed by atoms with Gasteiger partial charge in [0.05, 0.1) is 16.5 Å². The first-order valence-electron chi connectivity index (χ1n) is 9.04. The molecule has 8 nitrogen and oxygen atoms in total. The number of Topliss-reactive ketones (excluding diaryl/α,β-unsaturated/α-hetero) is 1. The molecular formula is C21H21N3O5. The second-order valence-corrected chi connectivity index (χ2v) is 7.01. The van der Waals surface area contributed by atoms with Gasteiger partial charge >= 0.3 is 0 Å². The van der Waals surface area contributed by atoms with Crippen LogP contribution in [0, 0.1) is 10.1 Å². The number of hydrogen-bond donors (Lipinski definition) is 1. The number of aliphatic hydroxyl groups excluding tert-OH is 1. The van der Waals surface area contributed by atoms with Crippen molar-refractivity contribution in [3.05, 3.63) is 81.4 Å². The summed E-state index contributed by atoms with van der Waals surface area (Å²) in [5, 5.41) is 22.1. The van der Waals surface area contributed by atoms with E-state index in [0.29, 0.717) is 17.7 Å². The van der Waals surface area contributed by atoms with Gasteiger partial charge in [0.25, 0.3) is 17.4 Å². The lowest BCUT2D eigenvalue weighted by Gasteiger charge is -2.26. The highest BCUT2D eigenvalue weighted by molar-refractivity contribution is 6.46. The molecule has 1 saturated heterocycles. The number of carbonyl (C=O) groups excluding carboxylic acids is 2. The minimum Gasteiger partial charge on any atom is -0.507 e. The molecule has 1 atom stereocenters. The summed E-state index contributed by atoms with van der Waals surface area (Å²) >= 11 is 0. The first-order chi connectivity index (χ1) is 13.8. The molecule has 1 amide bonds. The molecule has 0 bridgehead atoms. The monoisotopic (exact) mass is 395 g/mol. The zero-order chi connectivity index (χ0) is 21.1. The molecule has 2 aromatic rings. The maximum absolute atomic E-state index is 12.8. The Morgan fingerprint density at radius 3 is 2.45 bits per heavy atom. The number of likely N-dealkylation sites (N-methyl/N-ethyl adjacent to an activating group) is 1. The van der Waals surface area contributed by atoms with Crippen LogP contribution in [0.2, 0.25) is 0 Å². The minimum absolute atomic E-state index is 0.0690. The van der Waals surface area contributed by atoms with Crippen LogP contribution in [0.3, 0.4) is 0 Å². The fraction of sp³-hybridized carbons (Fsp3) is 0.238. The van der Waals surface area contributed by atoms with Crippen LogP contribution in [0.15, 0.2) is 60.2 Å². The van der Waals surface area contributed by atoms with Crippen LogP contribution in [-0.2, 0) is 9.59 Å². The number of carbonyl (C=O) groups is 2. The van der Waals surface area contributed by atoms with Crippen LogP contribution >= 0.6 is 0 Å². The Morgan fingerprint density at radius 2 is 1.83 bits per heavy atom. The number of non-ortho nitro benzene ring substituents is 1. The second-order valence-electron chi connectivity index (χ2n) is 7.01. The van der Waals surface area contributed by atoms with Crippen molar-refractivity contribution in [1.29, 1.82) is 0 Å². The molecule has 0 aromatic heterocycles. The van der Waals surface area contributed by atoms with Gasteiger partial charge in [0, 0.05) is 30.8 Å². The summed E-state index contributed by atoms with van der Waals surface area (Å²) in [6, 6.07) is 13.3. The van der Waals surface area contributed by atoms with E-state index in [1.54, 1.807) is 36.4 Å². The molecule has 150 valence electrons. The maximum Gasteiger partial charge on any atom is 0.295 e. The number of aliphatic hydroxyl groups is 1. The van der Waals surface area contributed by atoms with E-state index in [1.165, 1.54) is 23.1 Å². The van der Waals surface area contributed by atoms with Gasteiger partial charge in [0.2, 0.25) is 0 Å². The Kier molecular flexibility index (Phi) is 5.74. The summed E-state index contributed by atoms with van der Waals surface area (Å²) in [4.78, 5) is 39.5. The van der Waals surface area contributed by atoms with Crippen molar-refractivity contribution in [2.75, 3.05) is 27.2 Å². The zero-order valence-electron chi connectivity index (χ0n) is 16.1. The second kappa shape index (κ2) is 8.24. The van der Waals surface area contributed by atoms with Crippen LogP contribution in [0.4, 0.5) is 5.69 Å². The standard InChI is InChI=1S/C21H21N3O5/c1-22(2)11-12-23-18(15-9-6-10-16(13-15)24(28)29)17(20(26)21(23)27)19(25)14-7-4-3-5-8-14/h3-10,13,18,25H,11-12H2,1-2H3/b19-17+/t18-/m0/s1. The number of amides is 1. The molecular weight excluding hydrogens is 374 g/mol. The van der Waals surface area contributed by atoms with Crippen molar-refractivity contribution in [3.63, 3.8) is 0 Å². The zero-order valence-corrected chi connectivity index (χ0v) is 16.1. The molecule has 3 rings (SSSR count). The minimum atomic E-state index is -0.907. The van der Waals surface area contributed by atoms with Gasteiger partial charge in [0.1, 0.15) is 5.76 Å². The third kappa shape index (κ3) is 4.02. The number of nitro groups is 1. The van der Waals surface area contributed by atoms with E-state index in [1.807, 2.05) is 19.0 Å². The summed E-state index contributed by atoms with van der Waals surface area (Å²) in [5.41, 5.74) is 0.573. The SMILES string of the molecule is CN(C)CCN1C(=O)C(=O)/C(=C(/O)c2ccccc2)[C@@H]1c1cccc([N+](=O)[O-])c1. The van der Waals surface area contributed by atoms with E-state index < -0.39 is 22.7 Å². The molecule has 1 aliphatic rings. The molecule has 0 saturated carbocycles. The predicted molar refractivity (Wildman–Crippen MR) is 107 cm³/mol. The van der Waals surface area contributed by atoms with Crippen molar-refractivity contribution in [1.82, 2.24) is 9.80 Å². The third-order valence-corrected chi connectivity index (χ3v) is 4.77. The van der Waals surface area contributed by atoms with Gasteiger partial charge in [-0.1, -0.05) is 42.5 Å². The number of likely N-dealkylation sites (tertiary alicyclic amines) is 1. The van der Waals surface area contributed by atoms with Crippen molar-refractivity contribution < 1.29 is 19.6 Å². The van der Waals surface area contributed by atoms with Crippen molar-refractivity contribution in [2.24, 2.45) is 0 Å². The Labute approximate surface area is 167 Å². The number of hydrogen-bond acceptors (Lipinski definition) is 6. The van der Waals surface area contributed by atoms with Crippen molar-refractivity contribution >= 4 is 23.1 Å². The molecule has 29 heavy (non-hydrogen) atoms. The van der Waals surface area contributed by atoms with E-state index in [-0.39, 0.29) is 23.6 Å². The summed E-state index contributed by atoms with van der Waals surface area (Å²) < 4.78 is 0. The van der Waals surface area contributed by atoms with Gasteiger partial charge in [-0.3, -0.25) is 19.7 Å². The summed E-state index contributed by atoms with van der Waals surface area (Å²) in [5.74, 6) is -1.84. The molecule has 1 fully saturated rings. The molecule has 0 unspecified atom stereocenters. The van der Waals surface area contributed by atoms with E-state index >= 15 is 0 Å². The van der Waals surface area contributed by atoms with Gasteiger partial charge < -0.3 is 14.9 Å². The smallest absolute Gasteiger partial charge is 0.295 e. The highest BCUT2D eigenvalue weighted by atomic mass is 16.6. The van der Waals surface area contributed by atoms with Crippen LogP contribution in [0.5, 0.6) is 0 Å². The average molecular weight is 395 g/mol. The van der Waals surface area contributed by atoms with Gasteiger partial charge in [-0.2, -0.15) is 0 Å². The first kappa shape index (κ1) is 20.2. The van der Waals surface area contributed by atoms with Gasteiger partial charge in [-0.25, -0.2) is 0 Å². The fourth-order valence-corrected chi connectivity index (χ4v) is 3.32. The topological polar surface area (TPSA) is 104 Å². The molecule has 0 radical (unpaired) electrons. The summed E-state index contributed by atoms with van der Waals surface area (Å²) in [6.45, 7) is 0.723. The van der Waals surface area contributed by atoms with Crippen LogP contribution in [-0.4, -0.2) is 58.7 Å². The highest BCUT2D eigenvalue weighted by Crippen LogP contribution is 2.39. The first-order valence-corrected chi connectivity index (χ1v) is 9.04. The number of nitrogens with zero attached hydrogens (tertiary/aromatic N) is 3. The molecule has 1 N–H and O–H groups in total. The molecule has 0 aliphatic carbocycles. The van der Waals surface area contributed by atoms with Gasteiger partial charge in [0.15, 0.2) is 0 Å². The molecule has 1 heterocycles. The van der Waals surface area contributed by atoms with E-state index in [0.717, 1.165) is 0 Å². The average Bonchev–Trinajstić information content (AvgIpc) is 2.97. The van der Waals surface area contributed by atoms with Crippen LogP contribution in [0.1, 0.15) is 17.2 Å². The van der Waals surface area contributed by atoms with Gasteiger partial charge in [-0.05, 0) is 19.7 Å². The molecule has 1 aliphatic heterocycles. The Morgan fingerprint density at radius 1 is 1.14 bits per heavy atom. The normalized spacial score (nSPS) is 18.4. The lowest BCUT2D eigenvalue weighted by Crippen LogP contribution is -2.35. The maximum atomic E-state index is 12.8. The highest BCUT2D eigenvalue weighted by Gasteiger charge is 2.46. The Hall–Kier alpha value is -3.52. The lowest BCUT2D eigenvalue weighted by molar-refractivity contribution is -0.384. The quantitative estimate of drug-likeness (QED) is 0.265. The van der Waals surface area contributed by atoms with Gasteiger partial charge in [-0.15, -0.1) is 0 Å². The molecule has 0 spiro atoms. The summed E-state index contributed by atoms with van der Waals surface area (Å²) in [6.07, 6.45) is 0. The molecule has 2 aromatic carbocycles. The van der Waals surface area contributed by atoms with Crippen LogP contribution < -0.4 is 0 Å². The predicted octanol–water partition coefficient (Wildman–Crippen LogP) is 2.58. The number of ketones is 1. The largest absolute Gasteiger partial charge is 0.507 e. The Balaban J connectivity index is 2.17. The van der Waals surface area contributed by atoms with Crippen molar-refractivity contribution in [2.45, 2.75) is 6.04 Å². The number of rotatable bonds is 6. The van der Waals surface area contributed by atoms with E-state index in [2.05, 4.69) is 0 Å². The Bertz CT molecular complexity index is 985. The number of nitro benzene ring substituents is 1. The van der Waals surface area contributed by atoms with Crippen molar-refractivity contribution in [3.8, 4) is 0 Å². The van der Waals surface area contributed by atoms with E-state index in [4.69, 9.17) is 0 Å². The van der Waals surface area contributed by atoms with E-state index in [9.17, 15) is 24.8 Å². The van der Waals surface area contributed by atoms with Crippen LogP contribution in [0.25, 0.3) is 5.76 Å². The number of benzene rings is 2. The molecule has 8 heteroatoms. The third-order valence-electron chi connectivity index (χ3n) is 4.77. The fourth-order valence-electron chi connectivity index (χ4n) is 3.32.